The molecule has 0 spiro atoms. The Morgan fingerprint density at radius 2 is 2.12 bits per heavy atom. The van der Waals surface area contributed by atoms with E-state index in [1.54, 1.807) is 0 Å². The van der Waals surface area contributed by atoms with Crippen LogP contribution in [-0.4, -0.2) is 28.6 Å². The number of aryl methyl sites for hydroxylation is 1. The predicted octanol–water partition coefficient (Wildman–Crippen LogP) is 0.888. The molecule has 1 heterocycles. The molecule has 7 nitrogen and oxygen atoms in total. The number of hydrogen-bond acceptors (Lipinski definition) is 4. The van der Waals surface area contributed by atoms with E-state index in [9.17, 15) is 14.4 Å². The summed E-state index contributed by atoms with van der Waals surface area (Å²) < 4.78 is 7.62. The number of nitrogens with one attached hydrogen (secondary N) is 2. The van der Waals surface area contributed by atoms with Crippen molar-refractivity contribution in [3.63, 3.8) is 0 Å². The number of carbonyl (C=O) groups excluding carboxylic acids is 1. The number of ether oxygens (including phenoxy) is 1. The van der Waals surface area contributed by atoms with Crippen molar-refractivity contribution in [3.8, 4) is 17.6 Å². The molecule has 2 aromatic rings. The fourth-order valence-electron chi connectivity index (χ4n) is 1.86. The molecular weight excluding hydrogens is 390 g/mol. The fourth-order valence-corrected chi connectivity index (χ4v) is 2.24. The molecule has 0 atom stereocenters. The van der Waals surface area contributed by atoms with Crippen LogP contribution in [0.15, 0.2) is 50.6 Å². The van der Waals surface area contributed by atoms with Crippen molar-refractivity contribution in [1.82, 2.24) is 14.9 Å². The summed E-state index contributed by atoms with van der Waals surface area (Å²) in [5.74, 6) is 6.06. The van der Waals surface area contributed by atoms with Crippen LogP contribution in [0.4, 0.5) is 0 Å². The second-order valence-corrected chi connectivity index (χ2v) is 5.85. The van der Waals surface area contributed by atoms with Crippen molar-refractivity contribution in [2.45, 2.75) is 13.0 Å². The maximum absolute atomic E-state index is 11.7. The molecule has 0 aliphatic carbocycles. The largest absolute Gasteiger partial charge is 0.481 e. The van der Waals surface area contributed by atoms with Gasteiger partial charge >= 0.3 is 5.69 Å². The van der Waals surface area contributed by atoms with Gasteiger partial charge in [0.15, 0.2) is 0 Å². The lowest BCUT2D eigenvalue weighted by Gasteiger charge is -2.04. The number of benzene rings is 1. The van der Waals surface area contributed by atoms with Gasteiger partial charge in [-0.15, -0.1) is 0 Å². The van der Waals surface area contributed by atoms with Crippen molar-refractivity contribution < 1.29 is 9.53 Å². The molecular formula is C17H16BrN3O4. The Morgan fingerprint density at radius 3 is 2.88 bits per heavy atom. The minimum Gasteiger partial charge on any atom is -0.481 e. The van der Waals surface area contributed by atoms with E-state index < -0.39 is 11.2 Å². The number of rotatable bonds is 6. The molecule has 2 rings (SSSR count). The molecule has 0 bridgehead atoms. The molecule has 0 unspecified atom stereocenters. The molecule has 0 radical (unpaired) electrons. The average molecular weight is 406 g/mol. The molecule has 1 aromatic carbocycles. The van der Waals surface area contributed by atoms with Gasteiger partial charge in [0.25, 0.3) is 5.56 Å². The maximum Gasteiger partial charge on any atom is 0.328 e. The Morgan fingerprint density at radius 1 is 1.28 bits per heavy atom. The van der Waals surface area contributed by atoms with Crippen LogP contribution in [0.25, 0.3) is 0 Å². The van der Waals surface area contributed by atoms with Crippen molar-refractivity contribution in [2.75, 3.05) is 13.2 Å². The van der Waals surface area contributed by atoms with Gasteiger partial charge in [0.1, 0.15) is 12.4 Å². The standard InChI is InChI=1S/C17H16BrN3O4/c18-13-4-3-5-14(12-13)25-11-2-1-8-19-15(22)6-9-21-10-7-16(23)20-17(21)24/h3-5,7,10,12H,6,8-9,11H2,(H,19,22)(H,20,23,24). The summed E-state index contributed by atoms with van der Waals surface area (Å²) in [6.07, 6.45) is 1.47. The van der Waals surface area contributed by atoms with Crippen molar-refractivity contribution >= 4 is 21.8 Å². The maximum atomic E-state index is 11.7. The summed E-state index contributed by atoms with van der Waals surface area (Å²) in [7, 11) is 0. The van der Waals surface area contributed by atoms with E-state index in [0.717, 1.165) is 4.47 Å². The normalized spacial score (nSPS) is 9.80. The number of hydrogen-bond donors (Lipinski definition) is 2. The van der Waals surface area contributed by atoms with E-state index in [1.807, 2.05) is 24.3 Å². The van der Waals surface area contributed by atoms with E-state index in [2.05, 4.69) is 38.1 Å². The highest BCUT2D eigenvalue weighted by Crippen LogP contribution is 2.17. The number of H-pyrrole nitrogens is 1. The van der Waals surface area contributed by atoms with Gasteiger partial charge < -0.3 is 14.6 Å². The van der Waals surface area contributed by atoms with E-state index in [1.165, 1.54) is 16.8 Å². The van der Waals surface area contributed by atoms with Gasteiger partial charge in [0.05, 0.1) is 6.54 Å². The predicted molar refractivity (Wildman–Crippen MR) is 96.4 cm³/mol. The highest BCUT2D eigenvalue weighted by molar-refractivity contribution is 9.10. The van der Waals surface area contributed by atoms with Crippen LogP contribution in [0.2, 0.25) is 0 Å². The molecule has 130 valence electrons. The van der Waals surface area contributed by atoms with Gasteiger partial charge in [-0.2, -0.15) is 0 Å². The first-order chi connectivity index (χ1) is 12.0. The van der Waals surface area contributed by atoms with Crippen molar-refractivity contribution in [1.29, 1.82) is 0 Å². The molecule has 25 heavy (non-hydrogen) atoms. The van der Waals surface area contributed by atoms with Crippen molar-refractivity contribution in [2.24, 2.45) is 0 Å². The molecule has 0 aliphatic rings. The van der Waals surface area contributed by atoms with Crippen LogP contribution < -0.4 is 21.3 Å². The Hall–Kier alpha value is -2.79. The Balaban J connectivity index is 1.67. The lowest BCUT2D eigenvalue weighted by molar-refractivity contribution is -0.121. The number of amides is 1. The molecule has 8 heteroatoms. The number of carbonyl (C=O) groups is 1. The third-order valence-corrected chi connectivity index (χ3v) is 3.58. The molecule has 1 aromatic heterocycles. The summed E-state index contributed by atoms with van der Waals surface area (Å²) in [4.78, 5) is 36.2. The second kappa shape index (κ2) is 9.49. The summed E-state index contributed by atoms with van der Waals surface area (Å²) in [6.45, 7) is 0.598. The van der Waals surface area contributed by atoms with E-state index in [0.29, 0.717) is 5.75 Å². The highest BCUT2D eigenvalue weighted by Gasteiger charge is 2.02. The van der Waals surface area contributed by atoms with Crippen molar-refractivity contribution in [3.05, 3.63) is 61.8 Å². The quantitative estimate of drug-likeness (QED) is 0.697. The third-order valence-electron chi connectivity index (χ3n) is 3.08. The topological polar surface area (TPSA) is 93.2 Å². The van der Waals surface area contributed by atoms with Crippen LogP contribution in [0, 0.1) is 11.8 Å². The Bertz CT molecular complexity index is 908. The zero-order valence-corrected chi connectivity index (χ0v) is 14.8. The van der Waals surface area contributed by atoms with Gasteiger partial charge in [-0.05, 0) is 18.2 Å². The zero-order valence-electron chi connectivity index (χ0n) is 13.3. The molecule has 0 aliphatic heterocycles. The molecule has 0 saturated heterocycles. The average Bonchev–Trinajstić information content (AvgIpc) is 2.57. The molecule has 0 fully saturated rings. The van der Waals surface area contributed by atoms with Crippen LogP contribution in [-0.2, 0) is 11.3 Å². The summed E-state index contributed by atoms with van der Waals surface area (Å²) in [5.41, 5.74) is -1.00. The minimum absolute atomic E-state index is 0.113. The van der Waals surface area contributed by atoms with Crippen LogP contribution >= 0.6 is 15.9 Å². The van der Waals surface area contributed by atoms with Gasteiger partial charge in [-0.3, -0.25) is 14.6 Å². The number of nitrogens with zero attached hydrogens (tertiary/aromatic N) is 1. The number of aromatic amines is 1. The Labute approximate surface area is 152 Å². The second-order valence-electron chi connectivity index (χ2n) is 4.93. The number of halogens is 1. The Kier molecular flexibility index (Phi) is 7.04. The van der Waals surface area contributed by atoms with E-state index in [4.69, 9.17) is 4.74 Å². The summed E-state index contributed by atoms with van der Waals surface area (Å²) in [5, 5.41) is 2.63. The highest BCUT2D eigenvalue weighted by atomic mass is 79.9. The van der Waals surface area contributed by atoms with E-state index >= 15 is 0 Å². The zero-order chi connectivity index (χ0) is 18.1. The molecule has 0 saturated carbocycles. The first-order valence-corrected chi connectivity index (χ1v) is 8.24. The van der Waals surface area contributed by atoms with Gasteiger partial charge in [-0.1, -0.05) is 33.8 Å². The SMILES string of the molecule is O=C(CCn1ccc(=O)[nH]c1=O)NCC#CCOc1cccc(Br)c1. The van der Waals surface area contributed by atoms with Gasteiger partial charge in [-0.25, -0.2) is 4.79 Å². The third kappa shape index (κ3) is 6.69. The monoisotopic (exact) mass is 405 g/mol. The number of aromatic nitrogens is 2. The van der Waals surface area contributed by atoms with Crippen LogP contribution in [0.3, 0.4) is 0 Å². The first-order valence-electron chi connectivity index (χ1n) is 7.45. The summed E-state index contributed by atoms with van der Waals surface area (Å²) in [6, 6.07) is 8.65. The first kappa shape index (κ1) is 18.5. The molecule has 2 N–H and O–H groups in total. The molecule has 1 amide bonds. The van der Waals surface area contributed by atoms with E-state index in [-0.39, 0.29) is 32.0 Å². The fraction of sp³-hybridized carbons (Fsp3) is 0.235. The van der Waals surface area contributed by atoms with Gasteiger partial charge in [0, 0.05) is 29.7 Å². The van der Waals surface area contributed by atoms with Gasteiger partial charge in [0.2, 0.25) is 5.91 Å². The summed E-state index contributed by atoms with van der Waals surface area (Å²) >= 11 is 3.35. The lowest BCUT2D eigenvalue weighted by Crippen LogP contribution is -2.31. The van der Waals surface area contributed by atoms with Crippen LogP contribution in [0.5, 0.6) is 5.75 Å². The smallest absolute Gasteiger partial charge is 0.328 e. The lowest BCUT2D eigenvalue weighted by atomic mass is 10.3. The minimum atomic E-state index is -0.537. The van der Waals surface area contributed by atoms with Crippen LogP contribution in [0.1, 0.15) is 6.42 Å².